The number of para-hydroxylation sites is 1. The Hall–Kier alpha value is -1.79. The molecule has 0 bridgehead atoms. The molecule has 3 unspecified atom stereocenters. The van der Waals surface area contributed by atoms with Gasteiger partial charge in [0.2, 0.25) is 0 Å². The van der Waals surface area contributed by atoms with Gasteiger partial charge in [0.05, 0.1) is 17.7 Å². The molecule has 1 aromatic carbocycles. The summed E-state index contributed by atoms with van der Waals surface area (Å²) in [6, 6.07) is 10.0. The first-order chi connectivity index (χ1) is 9.16. The number of hydrogen-bond acceptors (Lipinski definition) is 3. The van der Waals surface area contributed by atoms with E-state index in [2.05, 4.69) is 13.0 Å². The van der Waals surface area contributed by atoms with Crippen LogP contribution in [0.25, 0.3) is 11.0 Å². The molecule has 1 aromatic heterocycles. The molecule has 1 aliphatic carbocycles. The summed E-state index contributed by atoms with van der Waals surface area (Å²) in [5.74, 6) is 0.493. The Bertz CT molecular complexity index is 639. The van der Waals surface area contributed by atoms with Gasteiger partial charge >= 0.3 is 0 Å². The molecule has 1 heterocycles. The van der Waals surface area contributed by atoms with E-state index in [1.165, 1.54) is 0 Å². The van der Waals surface area contributed by atoms with E-state index in [1.807, 2.05) is 24.3 Å². The number of rotatable bonds is 2. The van der Waals surface area contributed by atoms with Gasteiger partial charge in [-0.25, -0.2) is 0 Å². The molecule has 19 heavy (non-hydrogen) atoms. The lowest BCUT2D eigenvalue weighted by Gasteiger charge is -2.26. The molecule has 1 saturated carbocycles. The summed E-state index contributed by atoms with van der Waals surface area (Å²) in [4.78, 5) is 0. The summed E-state index contributed by atoms with van der Waals surface area (Å²) < 4.78 is 5.48. The van der Waals surface area contributed by atoms with Crippen LogP contribution < -0.4 is 0 Å². The lowest BCUT2D eigenvalue weighted by atomic mass is 9.78. The summed E-state index contributed by atoms with van der Waals surface area (Å²) in [5.41, 5.74) is 0.841. The van der Waals surface area contributed by atoms with Gasteiger partial charge in [0.1, 0.15) is 11.7 Å². The summed E-state index contributed by atoms with van der Waals surface area (Å²) in [7, 11) is 0. The number of aliphatic hydroxyl groups is 1. The summed E-state index contributed by atoms with van der Waals surface area (Å²) >= 11 is 0. The van der Waals surface area contributed by atoms with Crippen molar-refractivity contribution in [2.75, 3.05) is 0 Å². The molecule has 0 radical (unpaired) electrons. The van der Waals surface area contributed by atoms with Crippen molar-refractivity contribution in [3.05, 3.63) is 36.1 Å². The maximum absolute atomic E-state index is 10.7. The molecule has 3 atom stereocenters. The second-order valence-electron chi connectivity index (χ2n) is 5.71. The van der Waals surface area contributed by atoms with Crippen molar-refractivity contribution in [3.63, 3.8) is 0 Å². The van der Waals surface area contributed by atoms with Crippen LogP contribution in [0.15, 0.2) is 34.9 Å². The molecule has 0 aliphatic heterocycles. The first-order valence-electron chi connectivity index (χ1n) is 6.72. The number of furan rings is 1. The molecule has 0 amide bonds. The maximum Gasteiger partial charge on any atom is 0.134 e. The van der Waals surface area contributed by atoms with Crippen LogP contribution in [-0.2, 0) is 0 Å². The zero-order valence-electron chi connectivity index (χ0n) is 11.0. The Kier molecular flexibility index (Phi) is 2.83. The Morgan fingerprint density at radius 1 is 1.47 bits per heavy atom. The smallest absolute Gasteiger partial charge is 0.134 e. The summed E-state index contributed by atoms with van der Waals surface area (Å²) in [5, 5.41) is 21.1. The molecule has 0 saturated heterocycles. The second kappa shape index (κ2) is 4.40. The fourth-order valence-corrected chi connectivity index (χ4v) is 3.25. The van der Waals surface area contributed by atoms with E-state index in [4.69, 9.17) is 4.42 Å². The first kappa shape index (κ1) is 12.3. The van der Waals surface area contributed by atoms with Gasteiger partial charge in [-0.05, 0) is 31.2 Å². The SMILES string of the molecule is CC1CCC(C#N)(C(O)c2coc3ccccc23)C1. The topological polar surface area (TPSA) is 57.2 Å². The normalized spacial score (nSPS) is 28.4. The Morgan fingerprint density at radius 2 is 2.26 bits per heavy atom. The minimum Gasteiger partial charge on any atom is -0.464 e. The first-order valence-corrected chi connectivity index (χ1v) is 6.72. The van der Waals surface area contributed by atoms with Gasteiger partial charge in [-0.1, -0.05) is 25.1 Å². The van der Waals surface area contributed by atoms with E-state index in [-0.39, 0.29) is 0 Å². The number of fused-ring (bicyclic) bond motifs is 1. The number of aliphatic hydroxyl groups excluding tert-OH is 1. The van der Waals surface area contributed by atoms with Crippen LogP contribution in [0.3, 0.4) is 0 Å². The molecule has 1 aliphatic rings. The van der Waals surface area contributed by atoms with Crippen LogP contribution in [0.4, 0.5) is 0 Å². The zero-order valence-corrected chi connectivity index (χ0v) is 11.0. The van der Waals surface area contributed by atoms with Crippen molar-refractivity contribution in [1.82, 2.24) is 0 Å². The predicted molar refractivity (Wildman–Crippen MR) is 72.2 cm³/mol. The van der Waals surface area contributed by atoms with E-state index in [0.29, 0.717) is 5.92 Å². The highest BCUT2D eigenvalue weighted by atomic mass is 16.3. The molecule has 3 rings (SSSR count). The standard InChI is InChI=1S/C16H17NO2/c1-11-6-7-16(8-11,10-17)15(18)13-9-19-14-5-3-2-4-12(13)14/h2-5,9,11,15,18H,6-8H2,1H3. The zero-order chi connectivity index (χ0) is 13.5. The van der Waals surface area contributed by atoms with Crippen LogP contribution in [0.2, 0.25) is 0 Å². The highest BCUT2D eigenvalue weighted by molar-refractivity contribution is 5.81. The van der Waals surface area contributed by atoms with Gasteiger partial charge in [0.25, 0.3) is 0 Å². The molecule has 3 heteroatoms. The molecule has 2 aromatic rings. The van der Waals surface area contributed by atoms with E-state index >= 15 is 0 Å². The molecule has 0 spiro atoms. The predicted octanol–water partition coefficient (Wildman–Crippen LogP) is 3.80. The van der Waals surface area contributed by atoms with Gasteiger partial charge in [0.15, 0.2) is 0 Å². The van der Waals surface area contributed by atoms with Gasteiger partial charge in [-0.3, -0.25) is 0 Å². The van der Waals surface area contributed by atoms with Crippen molar-refractivity contribution in [1.29, 1.82) is 5.26 Å². The Balaban J connectivity index is 2.04. The van der Waals surface area contributed by atoms with Crippen LogP contribution in [0, 0.1) is 22.7 Å². The molecule has 1 N–H and O–H groups in total. The van der Waals surface area contributed by atoms with Gasteiger partial charge in [-0.2, -0.15) is 5.26 Å². The van der Waals surface area contributed by atoms with Crippen molar-refractivity contribution < 1.29 is 9.52 Å². The van der Waals surface area contributed by atoms with Crippen LogP contribution in [0.5, 0.6) is 0 Å². The largest absolute Gasteiger partial charge is 0.464 e. The van der Waals surface area contributed by atoms with Crippen LogP contribution in [0.1, 0.15) is 37.9 Å². The summed E-state index contributed by atoms with van der Waals surface area (Å²) in [6.45, 7) is 2.14. The van der Waals surface area contributed by atoms with Crippen LogP contribution >= 0.6 is 0 Å². The fourth-order valence-electron chi connectivity index (χ4n) is 3.25. The maximum atomic E-state index is 10.7. The quantitative estimate of drug-likeness (QED) is 0.888. The van der Waals surface area contributed by atoms with Crippen LogP contribution in [-0.4, -0.2) is 5.11 Å². The third kappa shape index (κ3) is 1.84. The molecule has 3 nitrogen and oxygen atoms in total. The van der Waals surface area contributed by atoms with Gasteiger partial charge in [0, 0.05) is 10.9 Å². The number of hydrogen-bond donors (Lipinski definition) is 1. The minimum absolute atomic E-state index is 0.493. The lowest BCUT2D eigenvalue weighted by Crippen LogP contribution is -2.24. The van der Waals surface area contributed by atoms with E-state index in [9.17, 15) is 10.4 Å². The molecule has 1 fully saturated rings. The highest BCUT2D eigenvalue weighted by Crippen LogP contribution is 2.50. The number of nitriles is 1. The average Bonchev–Trinajstić information content (AvgIpc) is 3.02. The third-order valence-corrected chi connectivity index (χ3v) is 4.35. The van der Waals surface area contributed by atoms with E-state index in [1.54, 1.807) is 6.26 Å². The van der Waals surface area contributed by atoms with E-state index in [0.717, 1.165) is 35.8 Å². The minimum atomic E-state index is -0.772. The van der Waals surface area contributed by atoms with Gasteiger partial charge < -0.3 is 9.52 Å². The van der Waals surface area contributed by atoms with Crippen molar-refractivity contribution in [2.45, 2.75) is 32.3 Å². The van der Waals surface area contributed by atoms with Crippen molar-refractivity contribution in [2.24, 2.45) is 11.3 Å². The number of nitrogens with zero attached hydrogens (tertiary/aromatic N) is 1. The van der Waals surface area contributed by atoms with Crippen molar-refractivity contribution in [3.8, 4) is 6.07 Å². The van der Waals surface area contributed by atoms with Crippen molar-refractivity contribution >= 4 is 11.0 Å². The van der Waals surface area contributed by atoms with E-state index < -0.39 is 11.5 Å². The fraction of sp³-hybridized carbons (Fsp3) is 0.438. The monoisotopic (exact) mass is 255 g/mol. The third-order valence-electron chi connectivity index (χ3n) is 4.35. The highest BCUT2D eigenvalue weighted by Gasteiger charge is 2.45. The molecular weight excluding hydrogens is 238 g/mol. The Labute approximate surface area is 112 Å². The summed E-state index contributed by atoms with van der Waals surface area (Å²) in [6.07, 6.45) is 3.33. The second-order valence-corrected chi connectivity index (χ2v) is 5.71. The Morgan fingerprint density at radius 3 is 2.95 bits per heavy atom. The lowest BCUT2D eigenvalue weighted by molar-refractivity contribution is 0.0652. The molecule has 98 valence electrons. The molecular formula is C16H17NO2. The van der Waals surface area contributed by atoms with Gasteiger partial charge in [-0.15, -0.1) is 0 Å². The number of benzene rings is 1. The average molecular weight is 255 g/mol.